The topological polar surface area (TPSA) is 16.1 Å². The van der Waals surface area contributed by atoms with Crippen LogP contribution in [0.1, 0.15) is 44.6 Å². The second kappa shape index (κ2) is 6.28. The van der Waals surface area contributed by atoms with Gasteiger partial charge in [-0.1, -0.05) is 48.5 Å². The van der Waals surface area contributed by atoms with Gasteiger partial charge in [-0.25, -0.2) is 0 Å². The van der Waals surface area contributed by atoms with Crippen LogP contribution < -0.4 is 4.90 Å². The molecular formula is C33H22N2. The van der Waals surface area contributed by atoms with Gasteiger partial charge in [0.25, 0.3) is 0 Å². The molecule has 9 rings (SSSR count). The van der Waals surface area contributed by atoms with Crippen LogP contribution in [0.3, 0.4) is 0 Å². The van der Waals surface area contributed by atoms with Crippen molar-refractivity contribution >= 4 is 17.1 Å². The number of para-hydroxylation sites is 1. The van der Waals surface area contributed by atoms with Crippen LogP contribution in [0.4, 0.5) is 17.1 Å². The Labute approximate surface area is 204 Å². The number of aromatic nitrogens is 1. The number of anilines is 3. The van der Waals surface area contributed by atoms with Crippen molar-refractivity contribution in [3.05, 3.63) is 130 Å². The molecule has 164 valence electrons. The Hall–Kier alpha value is -4.17. The van der Waals surface area contributed by atoms with Gasteiger partial charge >= 0.3 is 0 Å². The monoisotopic (exact) mass is 446 g/mol. The van der Waals surface area contributed by atoms with Crippen molar-refractivity contribution in [2.45, 2.75) is 25.7 Å². The van der Waals surface area contributed by atoms with Gasteiger partial charge in [-0.15, -0.1) is 0 Å². The first kappa shape index (κ1) is 18.2. The van der Waals surface area contributed by atoms with Crippen molar-refractivity contribution in [1.82, 2.24) is 4.98 Å². The molecule has 0 fully saturated rings. The predicted octanol–water partition coefficient (Wildman–Crippen LogP) is 7.50. The fourth-order valence-corrected chi connectivity index (χ4v) is 6.98. The minimum Gasteiger partial charge on any atom is -0.308 e. The van der Waals surface area contributed by atoms with E-state index in [1.54, 1.807) is 0 Å². The van der Waals surface area contributed by atoms with Crippen LogP contribution >= 0.6 is 0 Å². The smallest absolute Gasteiger partial charge is 0.0716 e. The zero-order chi connectivity index (χ0) is 22.7. The molecule has 1 aromatic heterocycles. The second-order valence-electron chi connectivity index (χ2n) is 10.4. The third kappa shape index (κ3) is 2.32. The first-order valence-electron chi connectivity index (χ1n) is 12.6. The molecule has 0 saturated heterocycles. The van der Waals surface area contributed by atoms with Crippen LogP contribution in [0.25, 0.3) is 22.3 Å². The van der Waals surface area contributed by atoms with E-state index in [-0.39, 0.29) is 0 Å². The molecule has 2 nitrogen and oxygen atoms in total. The van der Waals surface area contributed by atoms with Crippen molar-refractivity contribution in [2.24, 2.45) is 0 Å². The Morgan fingerprint density at radius 2 is 1.17 bits per heavy atom. The molecule has 0 N–H and O–H groups in total. The average molecular weight is 447 g/mol. The molecular weight excluding hydrogens is 424 g/mol. The lowest BCUT2D eigenvalue weighted by Gasteiger charge is -2.39. The minimum atomic E-state index is 0.908. The van der Waals surface area contributed by atoms with Crippen LogP contribution in [0.2, 0.25) is 0 Å². The van der Waals surface area contributed by atoms with E-state index in [9.17, 15) is 0 Å². The number of rotatable bonds is 0. The van der Waals surface area contributed by atoms with Crippen LogP contribution in [0.5, 0.6) is 0 Å². The summed E-state index contributed by atoms with van der Waals surface area (Å²) in [6.07, 6.45) is 5.95. The minimum absolute atomic E-state index is 0.908. The Balaban J connectivity index is 1.25. The number of nitrogens with zero attached hydrogens (tertiary/aromatic N) is 2. The summed E-state index contributed by atoms with van der Waals surface area (Å²) in [7, 11) is 0. The highest BCUT2D eigenvalue weighted by molar-refractivity contribution is 5.93. The summed E-state index contributed by atoms with van der Waals surface area (Å²) in [5, 5.41) is 0. The van der Waals surface area contributed by atoms with E-state index in [1.807, 2.05) is 6.20 Å². The fraction of sp³-hybridized carbons (Fsp3) is 0.121. The zero-order valence-corrected chi connectivity index (χ0v) is 19.3. The summed E-state index contributed by atoms with van der Waals surface area (Å²) >= 11 is 0. The third-order valence-corrected chi connectivity index (χ3v) is 8.51. The molecule has 5 aromatic rings. The average Bonchev–Trinajstić information content (AvgIpc) is 3.42. The van der Waals surface area contributed by atoms with Gasteiger partial charge in [-0.3, -0.25) is 4.98 Å². The molecule has 3 heterocycles. The first-order valence-corrected chi connectivity index (χ1v) is 12.6. The molecule has 0 spiro atoms. The maximum absolute atomic E-state index is 4.81. The maximum Gasteiger partial charge on any atom is 0.0716 e. The SMILES string of the molecule is c1ccc2c(c1)Cc1cc3c(cc1-2)Cc1cc2c(cc1-3)N1c3ccccc3Cc3nccc(c31)C2. The van der Waals surface area contributed by atoms with Crippen LogP contribution in [-0.4, -0.2) is 4.98 Å². The molecule has 0 saturated carbocycles. The van der Waals surface area contributed by atoms with E-state index >= 15 is 0 Å². The standard InChI is InChI=1S/C33H22N2/c1-3-7-26-19(5-1)11-23-16-28-24(15-27(23)26)13-22-14-25-12-21-9-10-34-30-17-20-6-2-4-8-31(20)35(33(21)30)32(25)18-29(22)28/h1-10,14-16,18H,11-13,17H2. The largest absolute Gasteiger partial charge is 0.308 e. The highest BCUT2D eigenvalue weighted by atomic mass is 15.2. The Kier molecular flexibility index (Phi) is 3.27. The summed E-state index contributed by atoms with van der Waals surface area (Å²) < 4.78 is 0. The number of fused-ring (bicyclic) bond motifs is 10. The molecule has 2 heteroatoms. The van der Waals surface area contributed by atoms with Gasteiger partial charge in [0.15, 0.2) is 0 Å². The first-order chi connectivity index (χ1) is 17.3. The molecule has 0 radical (unpaired) electrons. The summed E-state index contributed by atoms with van der Waals surface area (Å²) in [6.45, 7) is 0. The lowest BCUT2D eigenvalue weighted by Crippen LogP contribution is -2.25. The van der Waals surface area contributed by atoms with Crippen molar-refractivity contribution in [2.75, 3.05) is 4.90 Å². The molecule has 0 atom stereocenters. The third-order valence-electron chi connectivity index (χ3n) is 8.51. The fourth-order valence-electron chi connectivity index (χ4n) is 6.98. The number of hydrogen-bond donors (Lipinski definition) is 0. The van der Waals surface area contributed by atoms with Crippen molar-refractivity contribution in [1.29, 1.82) is 0 Å². The lowest BCUT2D eigenvalue weighted by molar-refractivity contribution is 0.959. The van der Waals surface area contributed by atoms with Crippen LogP contribution in [0, 0.1) is 0 Å². The van der Waals surface area contributed by atoms with Gasteiger partial charge in [-0.05, 0) is 104 Å². The van der Waals surface area contributed by atoms with E-state index in [0.29, 0.717) is 0 Å². The summed E-state index contributed by atoms with van der Waals surface area (Å²) in [5.74, 6) is 0. The Morgan fingerprint density at radius 1 is 0.486 bits per heavy atom. The lowest BCUT2D eigenvalue weighted by atomic mass is 9.87. The van der Waals surface area contributed by atoms with Crippen molar-refractivity contribution in [3.8, 4) is 22.3 Å². The normalized spacial score (nSPS) is 14.9. The second-order valence-corrected chi connectivity index (χ2v) is 10.4. The van der Waals surface area contributed by atoms with E-state index in [2.05, 4.69) is 83.8 Å². The quantitative estimate of drug-likeness (QED) is 0.240. The molecule has 4 aromatic carbocycles. The molecule has 0 bridgehead atoms. The Morgan fingerprint density at radius 3 is 2.09 bits per heavy atom. The van der Waals surface area contributed by atoms with E-state index in [4.69, 9.17) is 4.98 Å². The maximum atomic E-state index is 4.81. The predicted molar refractivity (Wildman–Crippen MR) is 141 cm³/mol. The van der Waals surface area contributed by atoms with Gasteiger partial charge in [0, 0.05) is 24.7 Å². The number of hydrogen-bond acceptors (Lipinski definition) is 2. The van der Waals surface area contributed by atoms with Gasteiger partial charge < -0.3 is 4.90 Å². The van der Waals surface area contributed by atoms with Gasteiger partial charge in [0.1, 0.15) is 0 Å². The van der Waals surface area contributed by atoms with Crippen molar-refractivity contribution < 1.29 is 0 Å². The molecule has 4 aliphatic rings. The summed E-state index contributed by atoms with van der Waals surface area (Å²) in [5.41, 5.74) is 20.9. The molecule has 2 aliphatic carbocycles. The summed E-state index contributed by atoms with van der Waals surface area (Å²) in [6, 6.07) is 29.9. The highest BCUT2D eigenvalue weighted by Gasteiger charge is 2.34. The van der Waals surface area contributed by atoms with Gasteiger partial charge in [0.05, 0.1) is 17.1 Å². The van der Waals surface area contributed by atoms with Crippen molar-refractivity contribution in [3.63, 3.8) is 0 Å². The van der Waals surface area contributed by atoms with E-state index < -0.39 is 0 Å². The van der Waals surface area contributed by atoms with Crippen LogP contribution in [0.15, 0.2) is 85.1 Å². The molecule has 2 aliphatic heterocycles. The number of pyridine rings is 1. The van der Waals surface area contributed by atoms with Crippen LogP contribution in [-0.2, 0) is 25.7 Å². The Bertz CT molecular complexity index is 1760. The molecule has 0 amide bonds. The molecule has 0 unspecified atom stereocenters. The van der Waals surface area contributed by atoms with Gasteiger partial charge in [-0.2, -0.15) is 0 Å². The zero-order valence-electron chi connectivity index (χ0n) is 19.3. The number of benzene rings is 4. The van der Waals surface area contributed by atoms with Gasteiger partial charge in [0.2, 0.25) is 0 Å². The summed E-state index contributed by atoms with van der Waals surface area (Å²) in [4.78, 5) is 7.31. The molecule has 35 heavy (non-hydrogen) atoms. The van der Waals surface area contributed by atoms with E-state index in [0.717, 1.165) is 25.7 Å². The highest BCUT2D eigenvalue weighted by Crippen LogP contribution is 2.53. The van der Waals surface area contributed by atoms with E-state index in [1.165, 1.54) is 84.0 Å².